The Bertz CT molecular complexity index is 1260. The van der Waals surface area contributed by atoms with Crippen molar-refractivity contribution in [1.82, 2.24) is 0 Å². The van der Waals surface area contributed by atoms with E-state index in [9.17, 15) is 13.5 Å². The summed E-state index contributed by atoms with van der Waals surface area (Å²) in [5.41, 5.74) is 0.956. The molecule has 0 radical (unpaired) electrons. The summed E-state index contributed by atoms with van der Waals surface area (Å²) in [5.74, 6) is 0. The van der Waals surface area contributed by atoms with Gasteiger partial charge in [0.15, 0.2) is 0 Å². The first kappa shape index (κ1) is 58.6. The van der Waals surface area contributed by atoms with Crippen molar-refractivity contribution in [2.75, 3.05) is 79.3 Å². The Labute approximate surface area is 361 Å². The first-order valence-corrected chi connectivity index (χ1v) is 22.7. The lowest BCUT2D eigenvalue weighted by Crippen LogP contribution is -2.31. The average molecular weight is 887 g/mol. The largest absolute Gasteiger partial charge is 0.394 e. The predicted molar refractivity (Wildman–Crippen MR) is 229 cm³/mol. The van der Waals surface area contributed by atoms with Crippen LogP contribution in [0, 0.1) is 6.92 Å². The summed E-state index contributed by atoms with van der Waals surface area (Å²) >= 11 is 0. The lowest BCUT2D eigenvalue weighted by Gasteiger charge is -2.23. The van der Waals surface area contributed by atoms with Gasteiger partial charge in [-0.25, -0.2) is 0 Å². The third kappa shape index (κ3) is 34.1. The molecule has 12 atom stereocenters. The van der Waals surface area contributed by atoms with Crippen molar-refractivity contribution in [1.29, 1.82) is 0 Å². The van der Waals surface area contributed by atoms with Crippen molar-refractivity contribution in [3.8, 4) is 0 Å². The Kier molecular flexibility index (Phi) is 33.3. The van der Waals surface area contributed by atoms with Gasteiger partial charge in [0.05, 0.1) is 157 Å². The molecule has 0 aliphatic rings. The zero-order valence-electron chi connectivity index (χ0n) is 38.8. The summed E-state index contributed by atoms with van der Waals surface area (Å²) in [4.78, 5) is -0.0666. The molecule has 3 N–H and O–H groups in total. The molecule has 0 saturated carbocycles. The van der Waals surface area contributed by atoms with E-state index in [2.05, 4.69) is 0 Å². The molecule has 356 valence electrons. The highest BCUT2D eigenvalue weighted by molar-refractivity contribution is 7.85. The van der Waals surface area contributed by atoms with E-state index in [-0.39, 0.29) is 78.6 Å². The van der Waals surface area contributed by atoms with Gasteiger partial charge in [-0.15, -0.1) is 0 Å². The smallest absolute Gasteiger partial charge is 0.294 e. The van der Waals surface area contributed by atoms with Gasteiger partial charge in [0.1, 0.15) is 0 Å². The van der Waals surface area contributed by atoms with E-state index < -0.39 is 16.2 Å². The first-order chi connectivity index (χ1) is 28.1. The maximum absolute atomic E-state index is 10.5. The quantitative estimate of drug-likeness (QED) is 0.0765. The number of ether oxygens (including phenoxy) is 11. The van der Waals surface area contributed by atoms with E-state index in [0.717, 1.165) is 5.56 Å². The molecule has 1 aromatic carbocycles. The minimum Gasteiger partial charge on any atom is -0.394 e. The van der Waals surface area contributed by atoms with E-state index in [1.807, 2.05) is 83.1 Å². The van der Waals surface area contributed by atoms with Crippen molar-refractivity contribution in [2.45, 2.75) is 168 Å². The standard InChI is InChI=1S/C36H74O13.C7H8O3S/c1-25(38)14-39-27(3)16-41-29(5)18-43-31(7)20-45-33(9)22-47-35(11)24-49-36(12)23-48-34(10)21-46-32(8)19-44-30(6)17-42-28(4)15-40-26(2)13-37;1-6-2-4-7(5-3-6)11(8,9)10/h25-38H,13-24H2,1-12H3;2-5H,1H3,(H,8,9,10). The van der Waals surface area contributed by atoms with Crippen LogP contribution in [-0.4, -0.2) is 176 Å². The third-order valence-electron chi connectivity index (χ3n) is 8.35. The van der Waals surface area contributed by atoms with E-state index in [0.29, 0.717) is 72.7 Å². The number of benzene rings is 1. The molecule has 0 aliphatic carbocycles. The van der Waals surface area contributed by atoms with E-state index in [4.69, 9.17) is 61.8 Å². The number of rotatable bonds is 35. The van der Waals surface area contributed by atoms with Crippen molar-refractivity contribution in [3.05, 3.63) is 29.8 Å². The van der Waals surface area contributed by atoms with Crippen LogP contribution in [0.5, 0.6) is 0 Å². The SMILES string of the molecule is CC(O)COC(C)COC(C)COC(C)COC(C)COC(C)COC(C)COC(C)COC(C)COC(C)COC(C)COC(C)CO.Cc1ccc(S(=O)(=O)O)cc1. The zero-order chi connectivity index (χ0) is 45.7. The Morgan fingerprint density at radius 2 is 0.600 bits per heavy atom. The molecule has 17 heteroatoms. The average Bonchev–Trinajstić information content (AvgIpc) is 3.20. The highest BCUT2D eigenvalue weighted by Gasteiger charge is 2.16. The second-order valence-corrected chi connectivity index (χ2v) is 17.3. The minimum absolute atomic E-state index is 0.00643. The van der Waals surface area contributed by atoms with Gasteiger partial charge in [0.2, 0.25) is 0 Å². The van der Waals surface area contributed by atoms with Crippen molar-refractivity contribution >= 4 is 10.1 Å². The Morgan fingerprint density at radius 3 is 0.783 bits per heavy atom. The first-order valence-electron chi connectivity index (χ1n) is 21.2. The second kappa shape index (κ2) is 34.1. The molecule has 0 aliphatic heterocycles. The second-order valence-electron chi connectivity index (χ2n) is 15.9. The van der Waals surface area contributed by atoms with Crippen molar-refractivity contribution < 1.29 is 75.3 Å². The summed E-state index contributed by atoms with van der Waals surface area (Å²) in [6, 6.07) is 5.99. The molecule has 0 bridgehead atoms. The van der Waals surface area contributed by atoms with Crippen LogP contribution in [0.2, 0.25) is 0 Å². The van der Waals surface area contributed by atoms with Gasteiger partial charge in [-0.1, -0.05) is 17.7 Å². The van der Waals surface area contributed by atoms with Gasteiger partial charge < -0.3 is 62.3 Å². The summed E-state index contributed by atoms with van der Waals surface area (Å²) in [6.45, 7) is 29.7. The van der Waals surface area contributed by atoms with Crippen LogP contribution in [-0.2, 0) is 62.2 Å². The molecule has 0 heterocycles. The highest BCUT2D eigenvalue weighted by atomic mass is 32.2. The zero-order valence-corrected chi connectivity index (χ0v) is 39.6. The highest BCUT2D eigenvalue weighted by Crippen LogP contribution is 2.09. The Morgan fingerprint density at radius 1 is 0.400 bits per heavy atom. The molecular formula is C43H82O16S. The molecule has 1 aromatic rings. The molecule has 0 saturated heterocycles. The van der Waals surface area contributed by atoms with Gasteiger partial charge in [-0.05, 0) is 102 Å². The van der Waals surface area contributed by atoms with Crippen LogP contribution in [0.3, 0.4) is 0 Å². The summed E-state index contributed by atoms with van der Waals surface area (Å²) in [6.07, 6.45) is -1.54. The normalized spacial score (nSPS) is 18.2. The maximum Gasteiger partial charge on any atom is 0.294 e. The van der Waals surface area contributed by atoms with Crippen LogP contribution in [0.15, 0.2) is 29.2 Å². The lowest BCUT2D eigenvalue weighted by molar-refractivity contribution is -0.113. The monoisotopic (exact) mass is 887 g/mol. The summed E-state index contributed by atoms with van der Waals surface area (Å²) < 4.78 is 93.3. The molecule has 16 nitrogen and oxygen atoms in total. The van der Waals surface area contributed by atoms with Crippen LogP contribution in [0.1, 0.15) is 88.6 Å². The van der Waals surface area contributed by atoms with Crippen molar-refractivity contribution in [3.63, 3.8) is 0 Å². The fraction of sp³-hybridized carbons (Fsp3) is 0.860. The van der Waals surface area contributed by atoms with E-state index in [1.54, 1.807) is 19.1 Å². The number of hydrogen-bond donors (Lipinski definition) is 3. The molecule has 60 heavy (non-hydrogen) atoms. The molecule has 0 spiro atoms. The Balaban J connectivity index is 0.00000271. The Hall–Kier alpha value is -1.39. The predicted octanol–water partition coefficient (Wildman–Crippen LogP) is 5.06. The number of aliphatic hydroxyl groups excluding tert-OH is 2. The van der Waals surface area contributed by atoms with E-state index >= 15 is 0 Å². The fourth-order valence-electron chi connectivity index (χ4n) is 4.55. The third-order valence-corrected chi connectivity index (χ3v) is 9.22. The van der Waals surface area contributed by atoms with Crippen LogP contribution < -0.4 is 0 Å². The molecular weight excluding hydrogens is 805 g/mol. The lowest BCUT2D eigenvalue weighted by atomic mass is 10.2. The molecule has 0 amide bonds. The fourth-order valence-corrected chi connectivity index (χ4v) is 5.03. The van der Waals surface area contributed by atoms with E-state index in [1.165, 1.54) is 12.1 Å². The topological polar surface area (TPSA) is 196 Å². The summed E-state index contributed by atoms with van der Waals surface area (Å²) in [7, 11) is -4.02. The number of aryl methyl sites for hydroxylation is 1. The van der Waals surface area contributed by atoms with Crippen molar-refractivity contribution in [2.24, 2.45) is 0 Å². The van der Waals surface area contributed by atoms with Crippen LogP contribution in [0.4, 0.5) is 0 Å². The van der Waals surface area contributed by atoms with Crippen LogP contribution in [0.25, 0.3) is 0 Å². The molecule has 12 unspecified atom stereocenters. The molecule has 1 rings (SSSR count). The summed E-state index contributed by atoms with van der Waals surface area (Å²) in [5, 5.41) is 18.3. The number of hydrogen-bond acceptors (Lipinski definition) is 15. The molecule has 0 aromatic heterocycles. The maximum atomic E-state index is 10.5. The molecule has 0 fully saturated rings. The van der Waals surface area contributed by atoms with Gasteiger partial charge in [-0.2, -0.15) is 8.42 Å². The number of aliphatic hydroxyl groups is 2. The van der Waals surface area contributed by atoms with Gasteiger partial charge in [-0.3, -0.25) is 4.55 Å². The van der Waals surface area contributed by atoms with Gasteiger partial charge >= 0.3 is 0 Å². The van der Waals surface area contributed by atoms with Crippen LogP contribution >= 0.6 is 0 Å². The van der Waals surface area contributed by atoms with Gasteiger partial charge in [0, 0.05) is 0 Å². The minimum atomic E-state index is -4.02. The van der Waals surface area contributed by atoms with Gasteiger partial charge in [0.25, 0.3) is 10.1 Å².